The van der Waals surface area contributed by atoms with E-state index >= 15 is 0 Å². The molecule has 0 aliphatic heterocycles. The van der Waals surface area contributed by atoms with Gasteiger partial charge in [-0.3, -0.25) is 0 Å². The van der Waals surface area contributed by atoms with E-state index in [1.807, 2.05) is 0 Å². The van der Waals surface area contributed by atoms with E-state index in [0.717, 1.165) is 21.3 Å². The van der Waals surface area contributed by atoms with Gasteiger partial charge in [-0.15, -0.1) is 11.3 Å². The summed E-state index contributed by atoms with van der Waals surface area (Å²) in [6.45, 7) is 6.17. The minimum absolute atomic E-state index is 0.186. The van der Waals surface area contributed by atoms with Gasteiger partial charge in [0.05, 0.1) is 5.39 Å². The van der Waals surface area contributed by atoms with Crippen molar-refractivity contribution in [1.29, 1.82) is 0 Å². The first-order chi connectivity index (χ1) is 10.3. The van der Waals surface area contributed by atoms with E-state index in [2.05, 4.69) is 30.7 Å². The van der Waals surface area contributed by atoms with Crippen molar-refractivity contribution < 1.29 is 8.78 Å². The fraction of sp³-hybridized carbons (Fsp3) is 0.250. The van der Waals surface area contributed by atoms with Crippen molar-refractivity contribution in [1.82, 2.24) is 9.97 Å². The molecule has 0 fully saturated rings. The quantitative estimate of drug-likeness (QED) is 0.541. The maximum absolute atomic E-state index is 13.7. The molecule has 0 unspecified atom stereocenters. The van der Waals surface area contributed by atoms with Crippen LogP contribution in [0.25, 0.3) is 21.3 Å². The highest BCUT2D eigenvalue weighted by molar-refractivity contribution is 7.19. The molecule has 22 heavy (non-hydrogen) atoms. The summed E-state index contributed by atoms with van der Waals surface area (Å²) in [4.78, 5) is 10.0. The van der Waals surface area contributed by atoms with E-state index in [9.17, 15) is 8.78 Å². The lowest BCUT2D eigenvalue weighted by atomic mass is 9.88. The summed E-state index contributed by atoms with van der Waals surface area (Å²) in [6.07, 6.45) is 1.41. The van der Waals surface area contributed by atoms with Gasteiger partial charge in [-0.1, -0.05) is 38.4 Å². The molecule has 1 aromatic carbocycles. The zero-order chi connectivity index (χ0) is 16.1. The molecular weight excluding hydrogens is 326 g/mol. The van der Waals surface area contributed by atoms with Crippen LogP contribution in [0, 0.1) is 11.6 Å². The van der Waals surface area contributed by atoms with E-state index in [-0.39, 0.29) is 5.41 Å². The number of halogens is 3. The van der Waals surface area contributed by atoms with Crippen LogP contribution in [0.1, 0.15) is 25.6 Å². The van der Waals surface area contributed by atoms with Gasteiger partial charge in [0.15, 0.2) is 11.6 Å². The van der Waals surface area contributed by atoms with E-state index in [0.29, 0.717) is 16.1 Å². The van der Waals surface area contributed by atoms with Crippen LogP contribution in [0.5, 0.6) is 0 Å². The summed E-state index contributed by atoms with van der Waals surface area (Å²) in [6, 6.07) is 3.87. The van der Waals surface area contributed by atoms with Gasteiger partial charge in [-0.25, -0.2) is 18.7 Å². The molecule has 2 aromatic heterocycles. The topological polar surface area (TPSA) is 25.8 Å². The predicted molar refractivity (Wildman–Crippen MR) is 86.5 cm³/mol. The number of hydrogen-bond acceptors (Lipinski definition) is 3. The lowest BCUT2D eigenvalue weighted by molar-refractivity contribution is 0.509. The standard InChI is InChI=1S/C16H13ClF2N2S/c1-16(2,3)13-11(8-4-5-9(18)10(19)6-8)12-14(17)20-7-21-15(12)22-13/h4-7H,1-3H3. The third-order valence-electron chi connectivity index (χ3n) is 3.33. The Bertz CT molecular complexity index is 868. The molecule has 0 radical (unpaired) electrons. The zero-order valence-corrected chi connectivity index (χ0v) is 13.8. The minimum atomic E-state index is -0.885. The first-order valence-corrected chi connectivity index (χ1v) is 7.87. The molecule has 114 valence electrons. The highest BCUT2D eigenvalue weighted by Crippen LogP contribution is 2.45. The molecule has 0 spiro atoms. The van der Waals surface area contributed by atoms with Crippen LogP contribution in [-0.2, 0) is 5.41 Å². The van der Waals surface area contributed by atoms with Crippen molar-refractivity contribution in [3.05, 3.63) is 46.2 Å². The average Bonchev–Trinajstić information content (AvgIpc) is 2.83. The second-order valence-electron chi connectivity index (χ2n) is 6.03. The summed E-state index contributed by atoms with van der Waals surface area (Å²) >= 11 is 7.73. The monoisotopic (exact) mass is 338 g/mol. The van der Waals surface area contributed by atoms with E-state index in [4.69, 9.17) is 11.6 Å². The molecule has 0 aliphatic carbocycles. The summed E-state index contributed by atoms with van der Waals surface area (Å²) in [7, 11) is 0. The van der Waals surface area contributed by atoms with Gasteiger partial charge in [-0.05, 0) is 23.1 Å². The second-order valence-corrected chi connectivity index (χ2v) is 7.39. The SMILES string of the molecule is CC(C)(C)c1sc2ncnc(Cl)c2c1-c1ccc(F)c(F)c1. The third-order valence-corrected chi connectivity index (χ3v) is 5.14. The first-order valence-electron chi connectivity index (χ1n) is 6.68. The molecule has 0 bridgehead atoms. The Morgan fingerprint density at radius 3 is 2.45 bits per heavy atom. The minimum Gasteiger partial charge on any atom is -0.225 e. The Balaban J connectivity index is 2.42. The van der Waals surface area contributed by atoms with Gasteiger partial charge < -0.3 is 0 Å². The number of fused-ring (bicyclic) bond motifs is 1. The largest absolute Gasteiger partial charge is 0.225 e. The van der Waals surface area contributed by atoms with Crippen LogP contribution in [0.4, 0.5) is 8.78 Å². The van der Waals surface area contributed by atoms with Crippen molar-refractivity contribution in [2.45, 2.75) is 26.2 Å². The van der Waals surface area contributed by atoms with Crippen molar-refractivity contribution in [3.8, 4) is 11.1 Å². The van der Waals surface area contributed by atoms with Crippen LogP contribution in [0.3, 0.4) is 0 Å². The molecule has 0 aliphatic rings. The Hall–Kier alpha value is -1.59. The number of nitrogens with zero attached hydrogens (tertiary/aromatic N) is 2. The van der Waals surface area contributed by atoms with Gasteiger partial charge in [-0.2, -0.15) is 0 Å². The maximum atomic E-state index is 13.7. The van der Waals surface area contributed by atoms with Crippen molar-refractivity contribution >= 4 is 33.2 Å². The van der Waals surface area contributed by atoms with Crippen molar-refractivity contribution in [2.75, 3.05) is 0 Å². The van der Waals surface area contributed by atoms with Crippen LogP contribution in [0.2, 0.25) is 5.15 Å². The molecule has 0 saturated carbocycles. The predicted octanol–water partition coefficient (Wildman–Crippen LogP) is 5.59. The summed E-state index contributed by atoms with van der Waals surface area (Å²) in [5.41, 5.74) is 1.17. The molecule has 0 amide bonds. The van der Waals surface area contributed by atoms with Crippen LogP contribution in [0.15, 0.2) is 24.5 Å². The van der Waals surface area contributed by atoms with E-state index in [1.54, 1.807) is 6.07 Å². The molecule has 3 rings (SSSR count). The van der Waals surface area contributed by atoms with Gasteiger partial charge in [0.2, 0.25) is 0 Å². The molecule has 2 nitrogen and oxygen atoms in total. The molecule has 2 heterocycles. The number of aromatic nitrogens is 2. The molecular formula is C16H13ClF2N2S. The molecule has 3 aromatic rings. The molecule has 0 atom stereocenters. The van der Waals surface area contributed by atoms with Crippen LogP contribution < -0.4 is 0 Å². The fourth-order valence-corrected chi connectivity index (χ4v) is 3.86. The van der Waals surface area contributed by atoms with E-state index < -0.39 is 11.6 Å². The van der Waals surface area contributed by atoms with Crippen LogP contribution >= 0.6 is 22.9 Å². The molecule has 0 saturated heterocycles. The third kappa shape index (κ3) is 2.48. The molecule has 0 N–H and O–H groups in total. The average molecular weight is 339 g/mol. The number of rotatable bonds is 1. The maximum Gasteiger partial charge on any atom is 0.159 e. The Kier molecular flexibility index (Phi) is 3.65. The Labute approximate surface area is 135 Å². The first kappa shape index (κ1) is 15.3. The highest BCUT2D eigenvalue weighted by atomic mass is 35.5. The Morgan fingerprint density at radius 2 is 1.82 bits per heavy atom. The Morgan fingerprint density at radius 1 is 1.09 bits per heavy atom. The lowest BCUT2D eigenvalue weighted by Crippen LogP contribution is -2.10. The normalized spacial score (nSPS) is 12.1. The van der Waals surface area contributed by atoms with Crippen LogP contribution in [-0.4, -0.2) is 9.97 Å². The van der Waals surface area contributed by atoms with Gasteiger partial charge >= 0.3 is 0 Å². The number of benzene rings is 1. The number of thiophene rings is 1. The zero-order valence-electron chi connectivity index (χ0n) is 12.2. The summed E-state index contributed by atoms with van der Waals surface area (Å²) in [5.74, 6) is -1.76. The lowest BCUT2D eigenvalue weighted by Gasteiger charge is -2.19. The smallest absolute Gasteiger partial charge is 0.159 e. The van der Waals surface area contributed by atoms with Gasteiger partial charge in [0.1, 0.15) is 16.3 Å². The van der Waals surface area contributed by atoms with Gasteiger partial charge in [0.25, 0.3) is 0 Å². The highest BCUT2D eigenvalue weighted by Gasteiger charge is 2.26. The number of hydrogen-bond donors (Lipinski definition) is 0. The fourth-order valence-electron chi connectivity index (χ4n) is 2.35. The van der Waals surface area contributed by atoms with Crippen molar-refractivity contribution in [3.63, 3.8) is 0 Å². The summed E-state index contributed by atoms with van der Waals surface area (Å²) in [5, 5.41) is 1.00. The second kappa shape index (κ2) is 5.25. The van der Waals surface area contributed by atoms with Crippen molar-refractivity contribution in [2.24, 2.45) is 0 Å². The molecule has 6 heteroatoms. The van der Waals surface area contributed by atoms with E-state index in [1.165, 1.54) is 23.7 Å². The summed E-state index contributed by atoms with van der Waals surface area (Å²) < 4.78 is 26.9. The van der Waals surface area contributed by atoms with Gasteiger partial charge in [0, 0.05) is 10.4 Å².